The van der Waals surface area contributed by atoms with Crippen LogP contribution in [0.5, 0.6) is 0 Å². The molecule has 6 heteroatoms. The molecule has 1 aromatic carbocycles. The Morgan fingerprint density at radius 2 is 2.23 bits per heavy atom. The van der Waals surface area contributed by atoms with Crippen LogP contribution in [0, 0.1) is 5.92 Å². The Kier molecular flexibility index (Phi) is 4.00. The van der Waals surface area contributed by atoms with Gasteiger partial charge in [0, 0.05) is 32.4 Å². The average Bonchev–Trinajstić information content (AvgIpc) is 3.17. The molecule has 1 atom stereocenters. The van der Waals surface area contributed by atoms with Crippen molar-refractivity contribution in [2.75, 3.05) is 36.5 Å². The number of carboxylic acid groups (broad SMARTS) is 1. The number of hydrogen-bond acceptors (Lipinski definition) is 5. The van der Waals surface area contributed by atoms with Crippen LogP contribution in [0.15, 0.2) is 41.0 Å². The minimum atomic E-state index is -1.07. The first-order valence-electron chi connectivity index (χ1n) is 7.33. The molecule has 1 aliphatic heterocycles. The van der Waals surface area contributed by atoms with E-state index in [0.29, 0.717) is 11.9 Å². The number of benzene rings is 1. The number of aromatic carboxylic acids is 1. The number of para-hydroxylation sites is 1. The van der Waals surface area contributed by atoms with Gasteiger partial charge in [-0.15, -0.1) is 0 Å². The summed E-state index contributed by atoms with van der Waals surface area (Å²) in [4.78, 5) is 19.1. The normalized spacial score (nSPS) is 17.7. The molecule has 0 saturated carbocycles. The molecule has 1 unspecified atom stereocenters. The van der Waals surface area contributed by atoms with Crippen molar-refractivity contribution in [3.63, 3.8) is 0 Å². The highest BCUT2D eigenvalue weighted by molar-refractivity contribution is 5.85. The smallest absolute Gasteiger partial charge is 0.357 e. The number of hydrogen-bond donors (Lipinski definition) is 1. The van der Waals surface area contributed by atoms with Crippen LogP contribution in [0.3, 0.4) is 0 Å². The van der Waals surface area contributed by atoms with Gasteiger partial charge in [-0.3, -0.25) is 0 Å². The molecule has 116 valence electrons. The lowest BCUT2D eigenvalue weighted by molar-refractivity contribution is 0.0690. The second-order valence-corrected chi connectivity index (χ2v) is 5.64. The van der Waals surface area contributed by atoms with E-state index in [9.17, 15) is 4.79 Å². The van der Waals surface area contributed by atoms with Crippen LogP contribution >= 0.6 is 0 Å². The molecular weight excluding hydrogens is 282 g/mol. The topological polar surface area (TPSA) is 69.8 Å². The number of nitrogens with zero attached hydrogens (tertiary/aromatic N) is 3. The van der Waals surface area contributed by atoms with E-state index in [-0.39, 0.29) is 5.69 Å². The first-order chi connectivity index (χ1) is 10.6. The maximum absolute atomic E-state index is 10.8. The lowest BCUT2D eigenvalue weighted by Gasteiger charge is -2.21. The molecule has 1 aromatic heterocycles. The Labute approximate surface area is 129 Å². The lowest BCUT2D eigenvalue weighted by Crippen LogP contribution is -2.28. The predicted molar refractivity (Wildman–Crippen MR) is 83.5 cm³/mol. The molecule has 0 bridgehead atoms. The SMILES string of the molecule is CN(CC1CCN(c2ccccc2)C1)c1nc(C(=O)O)co1. The summed E-state index contributed by atoms with van der Waals surface area (Å²) >= 11 is 0. The molecule has 1 N–H and O–H groups in total. The highest BCUT2D eigenvalue weighted by Crippen LogP contribution is 2.25. The summed E-state index contributed by atoms with van der Waals surface area (Å²) in [7, 11) is 1.88. The fraction of sp³-hybridized carbons (Fsp3) is 0.375. The van der Waals surface area contributed by atoms with Crippen molar-refractivity contribution in [1.82, 2.24) is 4.98 Å². The first-order valence-corrected chi connectivity index (χ1v) is 7.33. The Hall–Kier alpha value is -2.50. The van der Waals surface area contributed by atoms with Crippen molar-refractivity contribution in [3.05, 3.63) is 42.3 Å². The van der Waals surface area contributed by atoms with Crippen molar-refractivity contribution in [2.45, 2.75) is 6.42 Å². The average molecular weight is 301 g/mol. The van der Waals surface area contributed by atoms with Gasteiger partial charge < -0.3 is 19.3 Å². The highest BCUT2D eigenvalue weighted by Gasteiger charge is 2.25. The molecule has 1 fully saturated rings. The minimum Gasteiger partial charge on any atom is -0.476 e. The van der Waals surface area contributed by atoms with E-state index < -0.39 is 5.97 Å². The number of carbonyl (C=O) groups is 1. The van der Waals surface area contributed by atoms with Crippen LogP contribution < -0.4 is 9.80 Å². The number of oxazole rings is 1. The zero-order chi connectivity index (χ0) is 15.5. The van der Waals surface area contributed by atoms with Gasteiger partial charge in [0.05, 0.1) is 0 Å². The van der Waals surface area contributed by atoms with Gasteiger partial charge in [0.1, 0.15) is 6.26 Å². The summed E-state index contributed by atoms with van der Waals surface area (Å²) in [6, 6.07) is 10.7. The summed E-state index contributed by atoms with van der Waals surface area (Å²) in [5, 5.41) is 8.88. The van der Waals surface area contributed by atoms with Gasteiger partial charge in [-0.1, -0.05) is 18.2 Å². The zero-order valence-electron chi connectivity index (χ0n) is 12.5. The third-order valence-electron chi connectivity index (χ3n) is 3.98. The number of rotatable bonds is 5. The van der Waals surface area contributed by atoms with Gasteiger partial charge in [0.15, 0.2) is 5.69 Å². The molecule has 0 aliphatic carbocycles. The second-order valence-electron chi connectivity index (χ2n) is 5.64. The van der Waals surface area contributed by atoms with E-state index in [1.165, 1.54) is 12.0 Å². The highest BCUT2D eigenvalue weighted by atomic mass is 16.4. The second kappa shape index (κ2) is 6.09. The number of aromatic nitrogens is 1. The van der Waals surface area contributed by atoms with E-state index in [2.05, 4.69) is 34.1 Å². The summed E-state index contributed by atoms with van der Waals surface area (Å²) in [6.45, 7) is 2.82. The van der Waals surface area contributed by atoms with Crippen molar-refractivity contribution in [1.29, 1.82) is 0 Å². The standard InChI is InChI=1S/C16H19N3O3/c1-18(16-17-14(11-22-16)15(20)21)9-12-7-8-19(10-12)13-5-3-2-4-6-13/h2-6,11-12H,7-10H2,1H3,(H,20,21). The molecular formula is C16H19N3O3. The van der Waals surface area contributed by atoms with Crippen LogP contribution in [0.1, 0.15) is 16.9 Å². The molecule has 0 radical (unpaired) electrons. The van der Waals surface area contributed by atoms with Gasteiger partial charge >= 0.3 is 5.97 Å². The molecule has 22 heavy (non-hydrogen) atoms. The largest absolute Gasteiger partial charge is 0.476 e. The third kappa shape index (κ3) is 3.05. The van der Waals surface area contributed by atoms with Crippen LogP contribution in [0.25, 0.3) is 0 Å². The lowest BCUT2D eigenvalue weighted by atomic mass is 10.1. The van der Waals surface area contributed by atoms with Gasteiger partial charge in [-0.05, 0) is 24.5 Å². The van der Waals surface area contributed by atoms with Crippen LogP contribution in [-0.4, -0.2) is 42.7 Å². The zero-order valence-corrected chi connectivity index (χ0v) is 12.5. The van der Waals surface area contributed by atoms with E-state index in [0.717, 1.165) is 26.1 Å². The third-order valence-corrected chi connectivity index (χ3v) is 3.98. The maximum atomic E-state index is 10.8. The molecule has 1 saturated heterocycles. The van der Waals surface area contributed by atoms with E-state index in [1.807, 2.05) is 18.0 Å². The molecule has 2 heterocycles. The number of anilines is 2. The fourth-order valence-corrected chi connectivity index (χ4v) is 2.86. The molecule has 0 spiro atoms. The van der Waals surface area contributed by atoms with Gasteiger partial charge in [-0.25, -0.2) is 4.79 Å². The van der Waals surface area contributed by atoms with E-state index in [1.54, 1.807) is 0 Å². The monoisotopic (exact) mass is 301 g/mol. The van der Waals surface area contributed by atoms with E-state index >= 15 is 0 Å². The van der Waals surface area contributed by atoms with Crippen molar-refractivity contribution < 1.29 is 14.3 Å². The van der Waals surface area contributed by atoms with Crippen molar-refractivity contribution in [2.24, 2.45) is 5.92 Å². The molecule has 6 nitrogen and oxygen atoms in total. The fourth-order valence-electron chi connectivity index (χ4n) is 2.86. The van der Waals surface area contributed by atoms with Crippen LogP contribution in [-0.2, 0) is 0 Å². The molecule has 0 amide bonds. The minimum absolute atomic E-state index is 0.0563. The maximum Gasteiger partial charge on any atom is 0.357 e. The number of carboxylic acids is 1. The molecule has 2 aromatic rings. The Morgan fingerprint density at radius 1 is 1.45 bits per heavy atom. The van der Waals surface area contributed by atoms with Gasteiger partial charge in [0.2, 0.25) is 0 Å². The van der Waals surface area contributed by atoms with E-state index in [4.69, 9.17) is 9.52 Å². The van der Waals surface area contributed by atoms with Gasteiger partial charge in [0.25, 0.3) is 6.01 Å². The Balaban J connectivity index is 1.58. The van der Waals surface area contributed by atoms with Gasteiger partial charge in [-0.2, -0.15) is 4.98 Å². The van der Waals surface area contributed by atoms with Crippen LogP contribution in [0.2, 0.25) is 0 Å². The first kappa shape index (κ1) is 14.4. The summed E-state index contributed by atoms with van der Waals surface area (Å²) in [6.07, 6.45) is 2.28. The van der Waals surface area contributed by atoms with Crippen molar-refractivity contribution >= 4 is 17.7 Å². The Morgan fingerprint density at radius 3 is 2.91 bits per heavy atom. The quantitative estimate of drug-likeness (QED) is 0.914. The molecule has 1 aliphatic rings. The summed E-state index contributed by atoms with van der Waals surface area (Å²) in [5.74, 6) is -0.565. The molecule has 3 rings (SSSR count). The van der Waals surface area contributed by atoms with Crippen LogP contribution in [0.4, 0.5) is 11.7 Å². The summed E-state index contributed by atoms with van der Waals surface area (Å²) in [5.41, 5.74) is 1.19. The Bertz CT molecular complexity index is 641. The summed E-state index contributed by atoms with van der Waals surface area (Å²) < 4.78 is 5.23. The predicted octanol–water partition coefficient (Wildman–Crippen LogP) is 2.34. The van der Waals surface area contributed by atoms with Crippen molar-refractivity contribution in [3.8, 4) is 0 Å².